The summed E-state index contributed by atoms with van der Waals surface area (Å²) in [6.07, 6.45) is -2.98. The molecule has 2 aromatic rings. The van der Waals surface area contributed by atoms with Crippen molar-refractivity contribution < 1.29 is 30.4 Å². The summed E-state index contributed by atoms with van der Waals surface area (Å²) in [7, 11) is -4.13. The van der Waals surface area contributed by atoms with Crippen LogP contribution in [0, 0.1) is 19.8 Å². The summed E-state index contributed by atoms with van der Waals surface area (Å²) in [6, 6.07) is 1.04. The van der Waals surface area contributed by atoms with Gasteiger partial charge in [-0.2, -0.15) is 32.1 Å². The molecule has 3 rings (SSSR count). The molecule has 0 spiro atoms. The van der Waals surface area contributed by atoms with E-state index in [0.29, 0.717) is 10.4 Å². The second-order valence-electron chi connectivity index (χ2n) is 7.59. The van der Waals surface area contributed by atoms with Crippen LogP contribution in [-0.2, 0) is 22.7 Å². The fourth-order valence-electron chi connectivity index (χ4n) is 3.33. The third kappa shape index (κ3) is 4.66. The van der Waals surface area contributed by atoms with Crippen LogP contribution in [0.1, 0.15) is 55.0 Å². The van der Waals surface area contributed by atoms with Crippen molar-refractivity contribution in [2.24, 2.45) is 5.92 Å². The number of alkyl halides is 5. The van der Waals surface area contributed by atoms with Gasteiger partial charge in [-0.25, -0.2) is 17.8 Å². The lowest BCUT2D eigenvalue weighted by Crippen LogP contribution is -2.31. The Bertz CT molecular complexity index is 1020. The summed E-state index contributed by atoms with van der Waals surface area (Å²) < 4.78 is 94.1. The van der Waals surface area contributed by atoms with Crippen LogP contribution in [0.5, 0.6) is 0 Å². The summed E-state index contributed by atoms with van der Waals surface area (Å²) in [5.41, 5.74) is -0.740. The first kappa shape index (κ1) is 22.7. The number of sulfonamides is 1. The fourth-order valence-corrected chi connectivity index (χ4v) is 4.89. The number of aryl methyl sites for hydroxylation is 1. The van der Waals surface area contributed by atoms with Crippen molar-refractivity contribution in [3.05, 3.63) is 28.8 Å². The Balaban J connectivity index is 1.72. The van der Waals surface area contributed by atoms with E-state index in [-0.39, 0.29) is 35.3 Å². The molecule has 0 radical (unpaired) electrons. The van der Waals surface area contributed by atoms with Crippen LogP contribution in [0.25, 0.3) is 0 Å². The second-order valence-corrected chi connectivity index (χ2v) is 9.29. The second kappa shape index (κ2) is 7.91. The molecule has 13 heteroatoms. The smallest absolute Gasteiger partial charge is 0.268 e. The molecule has 2 heterocycles. The molecule has 0 saturated heterocycles. The summed E-state index contributed by atoms with van der Waals surface area (Å²) in [6.45, 7) is 1.21. The maximum Gasteiger partial charge on any atom is 0.435 e. The van der Waals surface area contributed by atoms with Gasteiger partial charge in [-0.1, -0.05) is 6.92 Å². The maximum atomic E-state index is 13.0. The minimum atomic E-state index is -4.56. The Kier molecular flexibility index (Phi) is 5.98. The zero-order valence-corrected chi connectivity index (χ0v) is 17.4. The molecule has 0 amide bonds. The first-order valence-electron chi connectivity index (χ1n) is 9.29. The van der Waals surface area contributed by atoms with Crippen molar-refractivity contribution in [2.45, 2.75) is 63.7 Å². The molecule has 0 aliphatic heterocycles. The molecule has 30 heavy (non-hydrogen) atoms. The highest BCUT2D eigenvalue weighted by molar-refractivity contribution is 7.89. The van der Waals surface area contributed by atoms with Crippen LogP contribution in [0.4, 0.5) is 22.0 Å². The molecule has 0 bridgehead atoms. The van der Waals surface area contributed by atoms with Gasteiger partial charge in [0.2, 0.25) is 10.0 Å². The molecule has 0 unspecified atom stereocenters. The summed E-state index contributed by atoms with van der Waals surface area (Å²) in [5, 5.41) is 7.22. The average Bonchev–Trinajstić information content (AvgIpc) is 3.28. The van der Waals surface area contributed by atoms with Gasteiger partial charge in [0.25, 0.3) is 0 Å². The van der Waals surface area contributed by atoms with E-state index in [9.17, 15) is 30.4 Å². The predicted molar refractivity (Wildman–Crippen MR) is 96.5 cm³/mol. The molecule has 1 aliphatic carbocycles. The topological polar surface area (TPSA) is 81.8 Å². The largest absolute Gasteiger partial charge is 0.435 e. The van der Waals surface area contributed by atoms with E-state index < -0.39 is 34.4 Å². The molecule has 7 nitrogen and oxygen atoms in total. The van der Waals surface area contributed by atoms with Gasteiger partial charge in [0.15, 0.2) is 5.69 Å². The van der Waals surface area contributed by atoms with E-state index in [0.717, 1.165) is 18.9 Å². The minimum absolute atomic E-state index is 0.0305. The van der Waals surface area contributed by atoms with Crippen LogP contribution in [0.15, 0.2) is 11.0 Å². The highest BCUT2D eigenvalue weighted by Gasteiger charge is 2.38. The third-order valence-corrected chi connectivity index (χ3v) is 6.59. The monoisotopic (exact) mass is 455 g/mol. The number of nitrogens with zero attached hydrogens (tertiary/aromatic N) is 4. The Morgan fingerprint density at radius 1 is 1.23 bits per heavy atom. The zero-order valence-electron chi connectivity index (χ0n) is 16.5. The third-order valence-electron chi connectivity index (χ3n) is 4.92. The maximum absolute atomic E-state index is 13.0. The van der Waals surface area contributed by atoms with Crippen LogP contribution in [0.3, 0.4) is 0 Å². The molecule has 2 aromatic heterocycles. The molecule has 168 valence electrons. The summed E-state index contributed by atoms with van der Waals surface area (Å²) >= 11 is 0. The minimum Gasteiger partial charge on any atom is -0.268 e. The van der Waals surface area contributed by atoms with E-state index in [1.165, 1.54) is 18.5 Å². The molecule has 1 saturated carbocycles. The molecule has 1 N–H and O–H groups in total. The lowest BCUT2D eigenvalue weighted by atomic mass is 10.2. The van der Waals surface area contributed by atoms with Crippen molar-refractivity contribution in [3.8, 4) is 0 Å². The molecule has 1 fully saturated rings. The molecular formula is C17H22F5N5O2S. The number of aromatic nitrogens is 4. The van der Waals surface area contributed by atoms with Crippen LogP contribution in [0.2, 0.25) is 0 Å². The Hall–Kier alpha value is -2.02. The number of nitrogens with one attached hydrogen (secondary N) is 1. The summed E-state index contributed by atoms with van der Waals surface area (Å²) in [5.74, 6) is -0.369. The molecule has 0 aromatic carbocycles. The SMILES string of the molecule is Cc1nn(C(F)F)c(C)c1S(=O)(=O)NC[C@@H](C)Cn1nc(C(F)(F)F)cc1C1CC1. The number of hydrogen-bond donors (Lipinski definition) is 1. The average molecular weight is 455 g/mol. The lowest BCUT2D eigenvalue weighted by molar-refractivity contribution is -0.141. The van der Waals surface area contributed by atoms with E-state index in [1.807, 2.05) is 0 Å². The van der Waals surface area contributed by atoms with Gasteiger partial charge < -0.3 is 0 Å². The molecular weight excluding hydrogens is 433 g/mol. The van der Waals surface area contributed by atoms with Crippen LogP contribution >= 0.6 is 0 Å². The summed E-state index contributed by atoms with van der Waals surface area (Å²) in [4.78, 5) is -0.327. The van der Waals surface area contributed by atoms with Gasteiger partial charge in [0, 0.05) is 24.7 Å². The Morgan fingerprint density at radius 3 is 2.37 bits per heavy atom. The quantitative estimate of drug-likeness (QED) is 0.617. The zero-order chi connectivity index (χ0) is 22.4. The normalized spacial score (nSPS) is 16.4. The van der Waals surface area contributed by atoms with Gasteiger partial charge >= 0.3 is 12.7 Å². The van der Waals surface area contributed by atoms with E-state index >= 15 is 0 Å². The van der Waals surface area contributed by atoms with Gasteiger partial charge in [-0.05, 0) is 38.7 Å². The van der Waals surface area contributed by atoms with Crippen molar-refractivity contribution in [1.82, 2.24) is 24.3 Å². The number of hydrogen-bond acceptors (Lipinski definition) is 4. The fraction of sp³-hybridized carbons (Fsp3) is 0.647. The van der Waals surface area contributed by atoms with E-state index in [4.69, 9.17) is 0 Å². The number of rotatable bonds is 8. The first-order valence-corrected chi connectivity index (χ1v) is 10.8. The highest BCUT2D eigenvalue weighted by Crippen LogP contribution is 2.42. The van der Waals surface area contributed by atoms with Gasteiger partial charge in [-0.3, -0.25) is 4.68 Å². The van der Waals surface area contributed by atoms with Crippen molar-refractivity contribution in [1.29, 1.82) is 0 Å². The van der Waals surface area contributed by atoms with Crippen LogP contribution in [-0.4, -0.2) is 34.5 Å². The van der Waals surface area contributed by atoms with Crippen LogP contribution < -0.4 is 4.72 Å². The van der Waals surface area contributed by atoms with Gasteiger partial charge in [0.05, 0.1) is 11.4 Å². The predicted octanol–water partition coefficient (Wildman–Crippen LogP) is 3.60. The highest BCUT2D eigenvalue weighted by atomic mass is 32.2. The molecule has 1 aliphatic rings. The van der Waals surface area contributed by atoms with E-state index in [1.54, 1.807) is 6.92 Å². The standard InChI is InChI=1S/C17H22F5N5O2S/c1-9(8-26-13(12-4-5-12)6-14(25-26)17(20,21)22)7-23-30(28,29)15-10(2)24-27(11(15)3)16(18)19/h6,9,12,16,23H,4-5,7-8H2,1-3H3/t9-/m1/s1. The Morgan fingerprint density at radius 2 is 1.87 bits per heavy atom. The van der Waals surface area contributed by atoms with Gasteiger partial charge in [-0.15, -0.1) is 0 Å². The van der Waals surface area contributed by atoms with Crippen molar-refractivity contribution in [3.63, 3.8) is 0 Å². The van der Waals surface area contributed by atoms with E-state index in [2.05, 4.69) is 14.9 Å². The van der Waals surface area contributed by atoms with Gasteiger partial charge in [0.1, 0.15) is 4.90 Å². The van der Waals surface area contributed by atoms with Crippen molar-refractivity contribution >= 4 is 10.0 Å². The Labute approximate surface area is 170 Å². The van der Waals surface area contributed by atoms with Crippen molar-refractivity contribution in [2.75, 3.05) is 6.54 Å². The number of halogens is 5. The first-order chi connectivity index (χ1) is 13.8. The molecule has 1 atom stereocenters. The lowest BCUT2D eigenvalue weighted by Gasteiger charge is -2.15.